The van der Waals surface area contributed by atoms with Gasteiger partial charge in [-0.15, -0.1) is 0 Å². The van der Waals surface area contributed by atoms with Crippen LogP contribution in [0.15, 0.2) is 31.0 Å². The lowest BCUT2D eigenvalue weighted by Gasteiger charge is -2.36. The van der Waals surface area contributed by atoms with Crippen molar-refractivity contribution in [1.82, 2.24) is 29.0 Å². The standard InChI is InChI=1S/C20H25N7O/c1-24-14-16(12-23-24)17-13-22-19-18(21-6-7-27(17)19)25-8-10-26(11-9-25)20(28)15-4-2-3-5-15/h6-7,12-15H,2-5,8-11H2,1H3. The molecule has 3 aromatic heterocycles. The van der Waals surface area contributed by atoms with Gasteiger partial charge in [-0.1, -0.05) is 12.8 Å². The molecule has 0 spiro atoms. The first-order chi connectivity index (χ1) is 13.7. The van der Waals surface area contributed by atoms with E-state index in [9.17, 15) is 4.79 Å². The topological polar surface area (TPSA) is 71.6 Å². The van der Waals surface area contributed by atoms with Crippen molar-refractivity contribution in [1.29, 1.82) is 0 Å². The number of rotatable bonds is 3. The minimum atomic E-state index is 0.252. The molecule has 1 amide bonds. The second-order valence-electron chi connectivity index (χ2n) is 7.78. The molecular weight excluding hydrogens is 354 g/mol. The van der Waals surface area contributed by atoms with E-state index in [0.29, 0.717) is 5.91 Å². The normalized spacial score (nSPS) is 18.3. The maximum Gasteiger partial charge on any atom is 0.225 e. The van der Waals surface area contributed by atoms with Crippen LogP contribution in [0.5, 0.6) is 0 Å². The summed E-state index contributed by atoms with van der Waals surface area (Å²) in [6.45, 7) is 3.10. The van der Waals surface area contributed by atoms with Crippen molar-refractivity contribution < 1.29 is 4.79 Å². The van der Waals surface area contributed by atoms with Gasteiger partial charge in [0.1, 0.15) is 0 Å². The summed E-state index contributed by atoms with van der Waals surface area (Å²) in [5.74, 6) is 1.48. The summed E-state index contributed by atoms with van der Waals surface area (Å²) in [4.78, 5) is 26.2. The Morgan fingerprint density at radius 2 is 1.86 bits per heavy atom. The highest BCUT2D eigenvalue weighted by atomic mass is 16.2. The second kappa shape index (κ2) is 6.92. The molecule has 4 heterocycles. The van der Waals surface area contributed by atoms with Crippen molar-refractivity contribution in [2.75, 3.05) is 31.1 Å². The van der Waals surface area contributed by atoms with E-state index in [-0.39, 0.29) is 5.92 Å². The van der Waals surface area contributed by atoms with E-state index >= 15 is 0 Å². The summed E-state index contributed by atoms with van der Waals surface area (Å²) in [6.07, 6.45) is 14.0. The fourth-order valence-corrected chi connectivity index (χ4v) is 4.47. The number of imidazole rings is 1. The van der Waals surface area contributed by atoms with Gasteiger partial charge in [0.15, 0.2) is 11.5 Å². The number of anilines is 1. The van der Waals surface area contributed by atoms with Crippen LogP contribution in [0, 0.1) is 5.92 Å². The van der Waals surface area contributed by atoms with E-state index < -0.39 is 0 Å². The number of carbonyl (C=O) groups is 1. The highest BCUT2D eigenvalue weighted by molar-refractivity contribution is 5.79. The second-order valence-corrected chi connectivity index (χ2v) is 7.78. The van der Waals surface area contributed by atoms with Crippen LogP contribution in [0.4, 0.5) is 5.82 Å². The maximum atomic E-state index is 12.7. The van der Waals surface area contributed by atoms with Gasteiger partial charge < -0.3 is 9.80 Å². The molecule has 3 aromatic rings. The molecule has 146 valence electrons. The van der Waals surface area contributed by atoms with Crippen molar-refractivity contribution in [3.63, 3.8) is 0 Å². The maximum absolute atomic E-state index is 12.7. The van der Waals surface area contributed by atoms with Gasteiger partial charge >= 0.3 is 0 Å². The van der Waals surface area contributed by atoms with Gasteiger partial charge in [0.25, 0.3) is 0 Å². The molecule has 1 saturated heterocycles. The van der Waals surface area contributed by atoms with Crippen LogP contribution < -0.4 is 4.90 Å². The van der Waals surface area contributed by atoms with Crippen LogP contribution in [-0.2, 0) is 11.8 Å². The Balaban J connectivity index is 1.36. The van der Waals surface area contributed by atoms with Crippen molar-refractivity contribution in [3.8, 4) is 11.3 Å². The number of hydrogen-bond acceptors (Lipinski definition) is 5. The number of amides is 1. The minimum absolute atomic E-state index is 0.252. The van der Waals surface area contributed by atoms with Gasteiger partial charge in [-0.3, -0.25) is 13.9 Å². The number of aromatic nitrogens is 5. The zero-order chi connectivity index (χ0) is 19.1. The lowest BCUT2D eigenvalue weighted by Crippen LogP contribution is -2.50. The SMILES string of the molecule is Cn1cc(-c2cnc3c(N4CCN(C(=O)C5CCCC5)CC4)nccn23)cn1. The smallest absolute Gasteiger partial charge is 0.225 e. The quantitative estimate of drug-likeness (QED) is 0.696. The van der Waals surface area contributed by atoms with E-state index in [1.54, 1.807) is 4.68 Å². The van der Waals surface area contributed by atoms with E-state index in [0.717, 1.165) is 61.7 Å². The van der Waals surface area contributed by atoms with Gasteiger partial charge in [0.05, 0.1) is 18.1 Å². The van der Waals surface area contributed by atoms with E-state index in [2.05, 4.69) is 24.4 Å². The molecule has 0 aromatic carbocycles. The molecule has 28 heavy (non-hydrogen) atoms. The van der Waals surface area contributed by atoms with Gasteiger partial charge in [-0.2, -0.15) is 5.10 Å². The molecular formula is C20H25N7O. The van der Waals surface area contributed by atoms with Crippen LogP contribution >= 0.6 is 0 Å². The Morgan fingerprint density at radius 1 is 1.07 bits per heavy atom. The summed E-state index contributed by atoms with van der Waals surface area (Å²) in [5, 5.41) is 4.26. The van der Waals surface area contributed by atoms with Gasteiger partial charge in [0.2, 0.25) is 5.91 Å². The summed E-state index contributed by atoms with van der Waals surface area (Å²) in [6, 6.07) is 0. The zero-order valence-electron chi connectivity index (χ0n) is 16.2. The number of carbonyl (C=O) groups excluding carboxylic acids is 1. The molecule has 0 N–H and O–H groups in total. The van der Waals surface area contributed by atoms with Gasteiger partial charge in [-0.25, -0.2) is 9.97 Å². The van der Waals surface area contributed by atoms with Crippen LogP contribution in [0.2, 0.25) is 0 Å². The van der Waals surface area contributed by atoms with E-state index in [1.165, 1.54) is 12.8 Å². The largest absolute Gasteiger partial charge is 0.350 e. The molecule has 0 atom stereocenters. The third kappa shape index (κ3) is 2.93. The first kappa shape index (κ1) is 17.2. The molecule has 0 radical (unpaired) electrons. The number of hydrogen-bond donors (Lipinski definition) is 0. The number of piperazine rings is 1. The first-order valence-corrected chi connectivity index (χ1v) is 10.1. The molecule has 8 heteroatoms. The average Bonchev–Trinajstić information content (AvgIpc) is 3.47. The lowest BCUT2D eigenvalue weighted by atomic mass is 10.1. The average molecular weight is 379 g/mol. The molecule has 0 bridgehead atoms. The first-order valence-electron chi connectivity index (χ1n) is 10.1. The van der Waals surface area contributed by atoms with Gasteiger partial charge in [0, 0.05) is 63.3 Å². The highest BCUT2D eigenvalue weighted by Crippen LogP contribution is 2.28. The number of fused-ring (bicyclic) bond motifs is 1. The highest BCUT2D eigenvalue weighted by Gasteiger charge is 2.30. The van der Waals surface area contributed by atoms with Crippen molar-refractivity contribution in [3.05, 3.63) is 31.0 Å². The van der Waals surface area contributed by atoms with Crippen LogP contribution in [-0.4, -0.2) is 61.1 Å². The van der Waals surface area contributed by atoms with E-state index in [4.69, 9.17) is 0 Å². The third-order valence-corrected chi connectivity index (χ3v) is 6.01. The van der Waals surface area contributed by atoms with Crippen molar-refractivity contribution >= 4 is 17.4 Å². The fourth-order valence-electron chi connectivity index (χ4n) is 4.47. The van der Waals surface area contributed by atoms with Crippen LogP contribution in [0.3, 0.4) is 0 Å². The third-order valence-electron chi connectivity index (χ3n) is 6.01. The van der Waals surface area contributed by atoms with E-state index in [1.807, 2.05) is 42.9 Å². The molecule has 0 unspecified atom stereocenters. The summed E-state index contributed by atoms with van der Waals surface area (Å²) in [5.41, 5.74) is 2.87. The summed E-state index contributed by atoms with van der Waals surface area (Å²) in [7, 11) is 1.91. The predicted octanol–water partition coefficient (Wildman–Crippen LogP) is 1.97. The monoisotopic (exact) mass is 379 g/mol. The Kier molecular flexibility index (Phi) is 4.26. The molecule has 8 nitrogen and oxygen atoms in total. The minimum Gasteiger partial charge on any atom is -0.350 e. The molecule has 2 fully saturated rings. The molecule has 5 rings (SSSR count). The zero-order valence-corrected chi connectivity index (χ0v) is 16.2. The van der Waals surface area contributed by atoms with Crippen molar-refractivity contribution in [2.24, 2.45) is 13.0 Å². The Hall–Kier alpha value is -2.90. The molecule has 1 aliphatic carbocycles. The Morgan fingerprint density at radius 3 is 2.57 bits per heavy atom. The van der Waals surface area contributed by atoms with Crippen LogP contribution in [0.1, 0.15) is 25.7 Å². The number of aryl methyl sites for hydroxylation is 1. The predicted molar refractivity (Wildman–Crippen MR) is 106 cm³/mol. The molecule has 2 aliphatic rings. The van der Waals surface area contributed by atoms with Crippen LogP contribution in [0.25, 0.3) is 16.9 Å². The number of nitrogens with zero attached hydrogens (tertiary/aromatic N) is 7. The van der Waals surface area contributed by atoms with Gasteiger partial charge in [-0.05, 0) is 12.8 Å². The Labute approximate surface area is 163 Å². The molecule has 1 aliphatic heterocycles. The molecule has 1 saturated carbocycles. The van der Waals surface area contributed by atoms with Crippen molar-refractivity contribution in [2.45, 2.75) is 25.7 Å². The Bertz CT molecular complexity index is 993. The lowest BCUT2D eigenvalue weighted by molar-refractivity contribution is -0.135. The summed E-state index contributed by atoms with van der Waals surface area (Å²) >= 11 is 0. The fraction of sp³-hybridized carbons (Fsp3) is 0.500. The summed E-state index contributed by atoms with van der Waals surface area (Å²) < 4.78 is 3.85.